The van der Waals surface area contributed by atoms with E-state index in [0.29, 0.717) is 35.1 Å². The van der Waals surface area contributed by atoms with Gasteiger partial charge >= 0.3 is 0 Å². The van der Waals surface area contributed by atoms with Gasteiger partial charge in [-0.3, -0.25) is 14.9 Å². The van der Waals surface area contributed by atoms with Crippen molar-refractivity contribution in [3.8, 4) is 0 Å². The quantitative estimate of drug-likeness (QED) is 0.252. The van der Waals surface area contributed by atoms with Crippen LogP contribution in [0.2, 0.25) is 0 Å². The number of aromatic nitrogens is 4. The molecule has 5 rings (SSSR count). The number of non-ortho nitro benzene ring substituents is 1. The van der Waals surface area contributed by atoms with E-state index >= 15 is 0 Å². The molecule has 4 aromatic rings. The van der Waals surface area contributed by atoms with Crippen LogP contribution in [-0.2, 0) is 12.2 Å². The molecule has 0 aliphatic heterocycles. The lowest BCUT2D eigenvalue weighted by Crippen LogP contribution is -2.21. The molecule has 0 amide bonds. The zero-order valence-corrected chi connectivity index (χ0v) is 18.1. The Balaban J connectivity index is 1.36. The summed E-state index contributed by atoms with van der Waals surface area (Å²) >= 11 is 1.42. The second-order valence-corrected chi connectivity index (χ2v) is 8.83. The molecule has 0 unspecified atom stereocenters. The van der Waals surface area contributed by atoms with Crippen LogP contribution in [0.4, 0.5) is 5.69 Å². The van der Waals surface area contributed by atoms with Crippen molar-refractivity contribution in [2.24, 2.45) is 0 Å². The van der Waals surface area contributed by atoms with E-state index in [1.165, 1.54) is 29.5 Å². The number of nitrogens with zero attached hydrogens (tertiary/aromatic N) is 5. The van der Waals surface area contributed by atoms with Crippen molar-refractivity contribution in [1.29, 1.82) is 0 Å². The summed E-state index contributed by atoms with van der Waals surface area (Å²) in [6.07, 6.45) is 2.88. The zero-order valence-electron chi connectivity index (χ0n) is 17.3. The Morgan fingerprint density at radius 3 is 2.56 bits per heavy atom. The number of hydrogen-bond donors (Lipinski definition) is 0. The number of thioether (sulfide) groups is 1. The Labute approximate surface area is 187 Å². The fourth-order valence-electron chi connectivity index (χ4n) is 3.86. The summed E-state index contributed by atoms with van der Waals surface area (Å²) in [7, 11) is 0. The standard InChI is InChI=1S/C23H19N5O3S/c1-14-2-6-16(7-3-14)17-10-20-19(21(29)11-17)12-27-22(24-20)25-23(26-27)32-13-15-4-8-18(9-5-15)28(30)31/h2-9,12,17H,10-11,13H2,1H3/t17-/m0/s1. The first-order valence-electron chi connectivity index (χ1n) is 10.2. The molecule has 32 heavy (non-hydrogen) atoms. The molecular formula is C23H19N5O3S. The van der Waals surface area contributed by atoms with E-state index in [1.807, 2.05) is 6.92 Å². The smallest absolute Gasteiger partial charge is 0.269 e. The summed E-state index contributed by atoms with van der Waals surface area (Å²) in [6.45, 7) is 2.05. The minimum absolute atomic E-state index is 0.0630. The topological polar surface area (TPSA) is 103 Å². The molecule has 1 atom stereocenters. The molecular weight excluding hydrogens is 426 g/mol. The molecule has 0 saturated heterocycles. The van der Waals surface area contributed by atoms with Crippen molar-refractivity contribution in [1.82, 2.24) is 19.6 Å². The molecule has 1 aliphatic rings. The first-order valence-corrected chi connectivity index (χ1v) is 11.2. The van der Waals surface area contributed by atoms with Crippen molar-refractivity contribution >= 4 is 29.0 Å². The molecule has 0 saturated carbocycles. The predicted octanol–water partition coefficient (Wildman–Crippen LogP) is 4.55. The highest BCUT2D eigenvalue weighted by Crippen LogP contribution is 2.32. The number of aryl methyl sites for hydroxylation is 1. The SMILES string of the molecule is Cc1ccc([C@@H]2CC(=O)c3cn4nc(SCc5ccc([N+](=O)[O-])cc5)nc4nc3C2)cc1. The van der Waals surface area contributed by atoms with Crippen LogP contribution in [-0.4, -0.2) is 30.3 Å². The Morgan fingerprint density at radius 2 is 1.84 bits per heavy atom. The van der Waals surface area contributed by atoms with E-state index in [9.17, 15) is 14.9 Å². The number of nitro groups is 1. The number of ketones is 1. The molecule has 160 valence electrons. The van der Waals surface area contributed by atoms with E-state index < -0.39 is 4.92 Å². The van der Waals surface area contributed by atoms with Crippen LogP contribution in [0.1, 0.15) is 45.1 Å². The van der Waals surface area contributed by atoms with Crippen LogP contribution >= 0.6 is 11.8 Å². The van der Waals surface area contributed by atoms with Gasteiger partial charge in [-0.15, -0.1) is 5.10 Å². The molecule has 0 bridgehead atoms. The fraction of sp³-hybridized carbons (Fsp3) is 0.217. The molecule has 9 heteroatoms. The summed E-state index contributed by atoms with van der Waals surface area (Å²) < 4.78 is 1.56. The van der Waals surface area contributed by atoms with Gasteiger partial charge < -0.3 is 0 Å². The first-order chi connectivity index (χ1) is 15.5. The summed E-state index contributed by atoms with van der Waals surface area (Å²) in [5.74, 6) is 1.22. The van der Waals surface area contributed by atoms with Crippen molar-refractivity contribution in [2.75, 3.05) is 0 Å². The van der Waals surface area contributed by atoms with Gasteiger partial charge in [-0.05, 0) is 30.4 Å². The average Bonchev–Trinajstić information content (AvgIpc) is 3.19. The molecule has 0 fully saturated rings. The summed E-state index contributed by atoms with van der Waals surface area (Å²) in [4.78, 5) is 32.3. The first kappa shape index (κ1) is 20.3. The monoisotopic (exact) mass is 445 g/mol. The van der Waals surface area contributed by atoms with E-state index in [2.05, 4.69) is 39.3 Å². The van der Waals surface area contributed by atoms with Crippen molar-refractivity contribution < 1.29 is 9.72 Å². The lowest BCUT2D eigenvalue weighted by molar-refractivity contribution is -0.384. The average molecular weight is 446 g/mol. The summed E-state index contributed by atoms with van der Waals surface area (Å²) in [6, 6.07) is 14.7. The highest BCUT2D eigenvalue weighted by molar-refractivity contribution is 7.98. The van der Waals surface area contributed by atoms with Gasteiger partial charge in [-0.1, -0.05) is 53.7 Å². The van der Waals surface area contributed by atoms with Crippen LogP contribution in [0.15, 0.2) is 59.9 Å². The number of benzene rings is 2. The van der Waals surface area contributed by atoms with E-state index in [0.717, 1.165) is 16.8 Å². The van der Waals surface area contributed by atoms with E-state index in [4.69, 9.17) is 0 Å². The number of hydrogen-bond acceptors (Lipinski definition) is 7. The van der Waals surface area contributed by atoms with Gasteiger partial charge in [0.05, 0.1) is 16.2 Å². The molecule has 2 aromatic heterocycles. The van der Waals surface area contributed by atoms with Crippen LogP contribution in [0, 0.1) is 17.0 Å². The Kier molecular flexibility index (Phi) is 5.18. The fourth-order valence-corrected chi connectivity index (χ4v) is 4.64. The van der Waals surface area contributed by atoms with Crippen molar-refractivity contribution in [2.45, 2.75) is 36.6 Å². The van der Waals surface area contributed by atoms with Crippen LogP contribution in [0.25, 0.3) is 5.78 Å². The number of fused-ring (bicyclic) bond motifs is 2. The third-order valence-electron chi connectivity index (χ3n) is 5.63. The highest BCUT2D eigenvalue weighted by atomic mass is 32.2. The van der Waals surface area contributed by atoms with Gasteiger partial charge in [0.15, 0.2) is 5.78 Å². The van der Waals surface area contributed by atoms with Gasteiger partial charge in [0.1, 0.15) is 0 Å². The predicted molar refractivity (Wildman–Crippen MR) is 120 cm³/mol. The third kappa shape index (κ3) is 3.99. The third-order valence-corrected chi connectivity index (χ3v) is 6.54. The Morgan fingerprint density at radius 1 is 1.09 bits per heavy atom. The zero-order chi connectivity index (χ0) is 22.2. The van der Waals surface area contributed by atoms with Crippen molar-refractivity contribution in [3.05, 3.63) is 92.8 Å². The molecule has 8 nitrogen and oxygen atoms in total. The second-order valence-electron chi connectivity index (χ2n) is 7.89. The Bertz CT molecular complexity index is 1330. The number of nitro benzene ring substituents is 1. The maximum Gasteiger partial charge on any atom is 0.269 e. The Hall–Kier alpha value is -3.59. The lowest BCUT2D eigenvalue weighted by Gasteiger charge is -2.23. The van der Waals surface area contributed by atoms with Crippen LogP contribution in [0.3, 0.4) is 0 Å². The molecule has 2 heterocycles. The van der Waals surface area contributed by atoms with Gasteiger partial charge in [-0.2, -0.15) is 4.98 Å². The molecule has 0 N–H and O–H groups in total. The minimum atomic E-state index is -0.418. The van der Waals surface area contributed by atoms with Gasteiger partial charge in [0, 0.05) is 30.5 Å². The molecule has 1 aliphatic carbocycles. The molecule has 0 radical (unpaired) electrons. The normalized spacial score (nSPS) is 15.7. The van der Waals surface area contributed by atoms with E-state index in [-0.39, 0.29) is 17.4 Å². The number of carbonyl (C=O) groups is 1. The molecule has 2 aromatic carbocycles. The van der Waals surface area contributed by atoms with Crippen LogP contribution < -0.4 is 0 Å². The summed E-state index contributed by atoms with van der Waals surface area (Å²) in [5, 5.41) is 15.8. The number of carbonyl (C=O) groups excluding carboxylic acids is 1. The van der Waals surface area contributed by atoms with Gasteiger partial charge in [0.2, 0.25) is 5.16 Å². The van der Waals surface area contributed by atoms with Crippen molar-refractivity contribution in [3.63, 3.8) is 0 Å². The summed E-state index contributed by atoms with van der Waals surface area (Å²) in [5.41, 5.74) is 4.71. The lowest BCUT2D eigenvalue weighted by atomic mass is 9.82. The maximum atomic E-state index is 12.8. The van der Waals surface area contributed by atoms with Gasteiger partial charge in [-0.25, -0.2) is 9.50 Å². The van der Waals surface area contributed by atoms with Crippen LogP contribution in [0.5, 0.6) is 0 Å². The largest absolute Gasteiger partial charge is 0.294 e. The maximum absolute atomic E-state index is 12.8. The van der Waals surface area contributed by atoms with Gasteiger partial charge in [0.25, 0.3) is 11.5 Å². The number of Topliss-reactive ketones (excluding diaryl/α,β-unsaturated/α-hetero) is 1. The van der Waals surface area contributed by atoms with E-state index in [1.54, 1.807) is 22.8 Å². The highest BCUT2D eigenvalue weighted by Gasteiger charge is 2.28. The minimum Gasteiger partial charge on any atom is -0.294 e. The second kappa shape index (κ2) is 8.16. The molecule has 0 spiro atoms. The number of rotatable bonds is 5.